The van der Waals surface area contributed by atoms with Crippen molar-refractivity contribution in [3.63, 3.8) is 0 Å². The number of rotatable bonds is 2. The minimum Gasteiger partial charge on any atom is -0.219 e. The molecule has 0 radical (unpaired) electrons. The molecule has 15 heavy (non-hydrogen) atoms. The van der Waals surface area contributed by atoms with Crippen LogP contribution in [0.2, 0.25) is 0 Å². The van der Waals surface area contributed by atoms with E-state index in [9.17, 15) is 12.8 Å². The fourth-order valence-electron chi connectivity index (χ4n) is 1.53. The van der Waals surface area contributed by atoms with Gasteiger partial charge >= 0.3 is 0 Å². The molecule has 80 valence electrons. The standard InChI is InChI=1S/C10H9FO2S2/c1-14-6-7-5-8-9(11)3-2-4-10(8)15(7,12)13/h2-5H,6H2,1H3. The second-order valence-electron chi connectivity index (χ2n) is 3.20. The molecule has 0 saturated carbocycles. The molecule has 0 aromatic heterocycles. The van der Waals surface area contributed by atoms with Crippen LogP contribution in [-0.4, -0.2) is 20.4 Å². The van der Waals surface area contributed by atoms with Gasteiger partial charge in [-0.1, -0.05) is 6.07 Å². The first-order chi connectivity index (χ1) is 7.07. The van der Waals surface area contributed by atoms with Crippen LogP contribution in [-0.2, 0) is 9.84 Å². The quantitative estimate of drug-likeness (QED) is 0.800. The van der Waals surface area contributed by atoms with Crippen molar-refractivity contribution in [1.29, 1.82) is 0 Å². The van der Waals surface area contributed by atoms with Crippen molar-refractivity contribution in [3.8, 4) is 0 Å². The summed E-state index contributed by atoms with van der Waals surface area (Å²) in [6.07, 6.45) is 3.24. The van der Waals surface area contributed by atoms with Crippen molar-refractivity contribution < 1.29 is 12.8 Å². The van der Waals surface area contributed by atoms with Gasteiger partial charge in [0.15, 0.2) is 0 Å². The van der Waals surface area contributed by atoms with Gasteiger partial charge in [-0.3, -0.25) is 0 Å². The average Bonchev–Trinajstić information content (AvgIpc) is 2.43. The summed E-state index contributed by atoms with van der Waals surface area (Å²) in [5, 5.41) is 0. The molecule has 1 aromatic carbocycles. The molecule has 1 aliphatic heterocycles. The summed E-state index contributed by atoms with van der Waals surface area (Å²) in [5.41, 5.74) is 0.196. The zero-order chi connectivity index (χ0) is 11.1. The summed E-state index contributed by atoms with van der Waals surface area (Å²) < 4.78 is 37.1. The molecule has 1 aromatic rings. The Kier molecular flexibility index (Phi) is 2.60. The molecular formula is C10H9FO2S2. The first-order valence-corrected chi connectivity index (χ1v) is 7.18. The lowest BCUT2D eigenvalue weighted by molar-refractivity contribution is 0.598. The third kappa shape index (κ3) is 1.59. The molecule has 2 nitrogen and oxygen atoms in total. The Morgan fingerprint density at radius 2 is 2.13 bits per heavy atom. The number of fused-ring (bicyclic) bond motifs is 1. The number of thioether (sulfide) groups is 1. The smallest absolute Gasteiger partial charge is 0.204 e. The van der Waals surface area contributed by atoms with Crippen LogP contribution in [0.4, 0.5) is 4.39 Å². The van der Waals surface area contributed by atoms with Gasteiger partial charge in [0.1, 0.15) is 5.82 Å². The van der Waals surface area contributed by atoms with Crippen LogP contribution in [0.25, 0.3) is 6.08 Å². The molecule has 0 atom stereocenters. The number of benzene rings is 1. The average molecular weight is 244 g/mol. The fourth-order valence-corrected chi connectivity index (χ4v) is 4.13. The van der Waals surface area contributed by atoms with E-state index < -0.39 is 15.7 Å². The van der Waals surface area contributed by atoms with Gasteiger partial charge in [-0.25, -0.2) is 12.8 Å². The zero-order valence-corrected chi connectivity index (χ0v) is 9.66. The maximum absolute atomic E-state index is 13.3. The van der Waals surface area contributed by atoms with Crippen molar-refractivity contribution in [2.45, 2.75) is 4.90 Å². The summed E-state index contributed by atoms with van der Waals surface area (Å²) in [5.74, 6) is -0.0941. The second-order valence-corrected chi connectivity index (χ2v) is 6.04. The third-order valence-electron chi connectivity index (χ3n) is 2.24. The predicted molar refractivity (Wildman–Crippen MR) is 59.9 cm³/mol. The summed E-state index contributed by atoms with van der Waals surface area (Å²) in [4.78, 5) is 0.377. The van der Waals surface area contributed by atoms with E-state index in [-0.39, 0.29) is 15.4 Å². The Bertz CT molecular complexity index is 532. The molecule has 5 heteroatoms. The molecule has 0 N–H and O–H groups in total. The number of hydrogen-bond acceptors (Lipinski definition) is 3. The van der Waals surface area contributed by atoms with E-state index in [2.05, 4.69) is 0 Å². The summed E-state index contributed by atoms with van der Waals surface area (Å²) in [7, 11) is -3.43. The van der Waals surface area contributed by atoms with Crippen molar-refractivity contribution in [2.24, 2.45) is 0 Å². The highest BCUT2D eigenvalue weighted by atomic mass is 32.2. The number of hydrogen-bond donors (Lipinski definition) is 0. The van der Waals surface area contributed by atoms with Gasteiger partial charge in [-0.05, 0) is 24.5 Å². The van der Waals surface area contributed by atoms with Crippen molar-refractivity contribution in [1.82, 2.24) is 0 Å². The summed E-state index contributed by atoms with van der Waals surface area (Å²) in [6.45, 7) is 0. The van der Waals surface area contributed by atoms with E-state index in [0.717, 1.165) is 0 Å². The second kappa shape index (κ2) is 3.64. The van der Waals surface area contributed by atoms with Crippen LogP contribution in [0.5, 0.6) is 0 Å². The monoisotopic (exact) mass is 244 g/mol. The topological polar surface area (TPSA) is 34.1 Å². The maximum atomic E-state index is 13.3. The fraction of sp³-hybridized carbons (Fsp3) is 0.200. The van der Waals surface area contributed by atoms with E-state index in [4.69, 9.17) is 0 Å². The van der Waals surface area contributed by atoms with E-state index in [1.54, 1.807) is 0 Å². The molecular weight excluding hydrogens is 235 g/mol. The van der Waals surface area contributed by atoms with Crippen molar-refractivity contribution in [2.75, 3.05) is 12.0 Å². The minimum atomic E-state index is -3.43. The lowest BCUT2D eigenvalue weighted by atomic mass is 10.2. The molecule has 0 aliphatic carbocycles. The molecule has 0 unspecified atom stereocenters. The highest BCUT2D eigenvalue weighted by Crippen LogP contribution is 2.35. The molecule has 0 fully saturated rings. The molecule has 1 heterocycles. The largest absolute Gasteiger partial charge is 0.219 e. The molecule has 0 spiro atoms. The highest BCUT2D eigenvalue weighted by Gasteiger charge is 2.30. The number of halogens is 1. The van der Waals surface area contributed by atoms with Gasteiger partial charge in [0.05, 0.1) is 9.80 Å². The maximum Gasteiger partial charge on any atom is 0.204 e. The van der Waals surface area contributed by atoms with E-state index in [1.165, 1.54) is 36.0 Å². The van der Waals surface area contributed by atoms with Crippen LogP contribution >= 0.6 is 11.8 Å². The Balaban J connectivity index is 2.64. The summed E-state index contributed by atoms with van der Waals surface area (Å²) >= 11 is 1.41. The molecule has 0 amide bonds. The van der Waals surface area contributed by atoms with Gasteiger partial charge in [-0.2, -0.15) is 11.8 Å². The third-order valence-corrected chi connectivity index (χ3v) is 4.91. The summed E-state index contributed by atoms with van der Waals surface area (Å²) in [6, 6.07) is 4.13. The van der Waals surface area contributed by atoms with Crippen LogP contribution in [0.1, 0.15) is 5.56 Å². The van der Waals surface area contributed by atoms with Gasteiger partial charge in [-0.15, -0.1) is 0 Å². The van der Waals surface area contributed by atoms with Gasteiger partial charge in [0.25, 0.3) is 0 Å². The Morgan fingerprint density at radius 1 is 1.40 bits per heavy atom. The van der Waals surface area contributed by atoms with E-state index in [0.29, 0.717) is 5.75 Å². The van der Waals surface area contributed by atoms with E-state index in [1.807, 2.05) is 6.26 Å². The minimum absolute atomic E-state index is 0.0894. The SMILES string of the molecule is CSCC1=Cc2c(F)cccc2S1(=O)=O. The van der Waals surface area contributed by atoms with Gasteiger partial charge in [0.2, 0.25) is 9.84 Å². The Hall–Kier alpha value is -0.810. The lowest BCUT2D eigenvalue weighted by Crippen LogP contribution is -2.02. The molecule has 0 bridgehead atoms. The first kappa shape index (κ1) is 10.7. The predicted octanol–water partition coefficient (Wildman–Crippen LogP) is 2.32. The van der Waals surface area contributed by atoms with E-state index >= 15 is 0 Å². The molecule has 1 aliphatic rings. The van der Waals surface area contributed by atoms with Crippen LogP contribution in [0.3, 0.4) is 0 Å². The van der Waals surface area contributed by atoms with Crippen LogP contribution < -0.4 is 0 Å². The first-order valence-electron chi connectivity index (χ1n) is 4.30. The highest BCUT2D eigenvalue weighted by molar-refractivity contribution is 8.01. The molecule has 2 rings (SSSR count). The number of sulfone groups is 1. The lowest BCUT2D eigenvalue weighted by Gasteiger charge is -2.01. The van der Waals surface area contributed by atoms with Crippen molar-refractivity contribution >= 4 is 27.7 Å². The van der Waals surface area contributed by atoms with Crippen LogP contribution in [0.15, 0.2) is 28.0 Å². The van der Waals surface area contributed by atoms with Gasteiger partial charge in [0, 0.05) is 11.3 Å². The zero-order valence-electron chi connectivity index (χ0n) is 8.03. The Labute approximate surface area is 92.1 Å². The van der Waals surface area contributed by atoms with Crippen LogP contribution in [0, 0.1) is 5.82 Å². The van der Waals surface area contributed by atoms with Gasteiger partial charge < -0.3 is 0 Å². The van der Waals surface area contributed by atoms with Crippen molar-refractivity contribution in [3.05, 3.63) is 34.5 Å². The Morgan fingerprint density at radius 3 is 2.73 bits per heavy atom. The normalized spacial score (nSPS) is 17.3. The molecule has 0 saturated heterocycles.